The van der Waals surface area contributed by atoms with Gasteiger partial charge in [0.15, 0.2) is 12.6 Å². The number of carbonyl (C=O) groups excluding carboxylic acids is 1. The minimum absolute atomic E-state index is 0.0472. The zero-order chi connectivity index (χ0) is 21.6. The van der Waals surface area contributed by atoms with Gasteiger partial charge >= 0.3 is 6.18 Å². The largest absolute Gasteiger partial charge is 0.484 e. The molecule has 2 N–H and O–H groups in total. The maximum absolute atomic E-state index is 12.6. The number of hydrogen-bond acceptors (Lipinski definition) is 3. The number of nitrogens with one attached hydrogen (secondary N) is 2. The zero-order valence-corrected chi connectivity index (χ0v) is 16.5. The molecule has 0 saturated heterocycles. The van der Waals surface area contributed by atoms with Gasteiger partial charge in [0, 0.05) is 25.8 Å². The molecule has 0 aromatic heterocycles. The third-order valence-corrected chi connectivity index (χ3v) is 4.60. The number of fused-ring (bicyclic) bond motifs is 1. The highest BCUT2D eigenvalue weighted by atomic mass is 19.4. The SMILES string of the molecule is CN=C(NCC(=O)N1CCc2ccccc21)NCc1ccc(OCC(F)(F)F)cc1. The number of amides is 1. The Morgan fingerprint density at radius 3 is 2.57 bits per heavy atom. The first-order chi connectivity index (χ1) is 14.4. The standard InChI is InChI=1S/C21H23F3N4O2/c1-25-20(26-12-15-6-8-17(9-7-15)30-14-21(22,23)24)27-13-19(29)28-11-10-16-4-2-3-5-18(16)28/h2-9H,10-14H2,1H3,(H2,25,26,27). The molecule has 0 unspecified atom stereocenters. The van der Waals surface area contributed by atoms with Crippen molar-refractivity contribution >= 4 is 17.6 Å². The van der Waals surface area contributed by atoms with Crippen LogP contribution in [0.1, 0.15) is 11.1 Å². The predicted molar refractivity (Wildman–Crippen MR) is 109 cm³/mol. The minimum atomic E-state index is -4.37. The Bertz CT molecular complexity index is 898. The van der Waals surface area contributed by atoms with E-state index in [9.17, 15) is 18.0 Å². The van der Waals surface area contributed by atoms with E-state index in [0.29, 0.717) is 19.0 Å². The van der Waals surface area contributed by atoms with Gasteiger partial charge in [0.1, 0.15) is 5.75 Å². The Labute approximate surface area is 172 Å². The van der Waals surface area contributed by atoms with Crippen LogP contribution in [0.15, 0.2) is 53.5 Å². The van der Waals surface area contributed by atoms with E-state index in [1.54, 1.807) is 24.1 Å². The van der Waals surface area contributed by atoms with Crippen LogP contribution in [-0.2, 0) is 17.8 Å². The summed E-state index contributed by atoms with van der Waals surface area (Å²) >= 11 is 0. The second-order valence-electron chi connectivity index (χ2n) is 6.75. The number of nitrogens with zero attached hydrogens (tertiary/aromatic N) is 2. The number of aliphatic imine (C=N–C) groups is 1. The number of para-hydroxylation sites is 1. The van der Waals surface area contributed by atoms with E-state index in [0.717, 1.165) is 23.2 Å². The van der Waals surface area contributed by atoms with Gasteiger partial charge in [-0.15, -0.1) is 0 Å². The van der Waals surface area contributed by atoms with Gasteiger partial charge in [-0.2, -0.15) is 13.2 Å². The first-order valence-electron chi connectivity index (χ1n) is 9.47. The molecule has 2 aromatic carbocycles. The molecule has 160 valence electrons. The first-order valence-corrected chi connectivity index (χ1v) is 9.47. The number of ether oxygens (including phenoxy) is 1. The monoisotopic (exact) mass is 420 g/mol. The Kier molecular flexibility index (Phi) is 6.81. The molecule has 0 fully saturated rings. The van der Waals surface area contributed by atoms with Crippen molar-refractivity contribution in [3.05, 3.63) is 59.7 Å². The van der Waals surface area contributed by atoms with Crippen LogP contribution >= 0.6 is 0 Å². The van der Waals surface area contributed by atoms with Crippen molar-refractivity contribution in [1.29, 1.82) is 0 Å². The lowest BCUT2D eigenvalue weighted by Gasteiger charge is -2.19. The van der Waals surface area contributed by atoms with Crippen LogP contribution in [0.5, 0.6) is 5.75 Å². The summed E-state index contributed by atoms with van der Waals surface area (Å²) in [4.78, 5) is 18.4. The number of hydrogen-bond donors (Lipinski definition) is 2. The van der Waals surface area contributed by atoms with Crippen molar-refractivity contribution in [2.75, 3.05) is 31.6 Å². The van der Waals surface area contributed by atoms with Crippen LogP contribution in [0, 0.1) is 0 Å². The topological polar surface area (TPSA) is 66.0 Å². The Morgan fingerprint density at radius 1 is 1.13 bits per heavy atom. The van der Waals surface area contributed by atoms with Gasteiger partial charge in [-0.3, -0.25) is 9.79 Å². The Balaban J connectivity index is 1.45. The minimum Gasteiger partial charge on any atom is -0.484 e. The van der Waals surface area contributed by atoms with E-state index < -0.39 is 12.8 Å². The van der Waals surface area contributed by atoms with Crippen molar-refractivity contribution in [3.8, 4) is 5.75 Å². The predicted octanol–water partition coefficient (Wildman–Crippen LogP) is 2.88. The number of anilines is 1. The molecule has 30 heavy (non-hydrogen) atoms. The number of benzene rings is 2. The molecule has 9 heteroatoms. The molecule has 0 radical (unpaired) electrons. The van der Waals surface area contributed by atoms with Crippen LogP contribution in [0.3, 0.4) is 0 Å². The second kappa shape index (κ2) is 9.51. The summed E-state index contributed by atoms with van der Waals surface area (Å²) in [5.41, 5.74) is 2.94. The maximum atomic E-state index is 12.6. The summed E-state index contributed by atoms with van der Waals surface area (Å²) in [6, 6.07) is 14.1. The van der Waals surface area contributed by atoms with Gasteiger partial charge in [-0.1, -0.05) is 30.3 Å². The van der Waals surface area contributed by atoms with Crippen LogP contribution in [0.2, 0.25) is 0 Å². The molecule has 0 spiro atoms. The zero-order valence-electron chi connectivity index (χ0n) is 16.5. The van der Waals surface area contributed by atoms with E-state index in [1.807, 2.05) is 24.3 Å². The van der Waals surface area contributed by atoms with E-state index in [2.05, 4.69) is 20.4 Å². The fraction of sp³-hybridized carbons (Fsp3) is 0.333. The van der Waals surface area contributed by atoms with E-state index in [-0.39, 0.29) is 18.2 Å². The number of rotatable bonds is 6. The van der Waals surface area contributed by atoms with Crippen LogP contribution in [0.4, 0.5) is 18.9 Å². The molecule has 1 amide bonds. The molecule has 6 nitrogen and oxygen atoms in total. The van der Waals surface area contributed by atoms with Crippen molar-refractivity contribution in [2.24, 2.45) is 4.99 Å². The summed E-state index contributed by atoms with van der Waals surface area (Å²) in [6.45, 7) is -0.177. The van der Waals surface area contributed by atoms with Crippen molar-refractivity contribution < 1.29 is 22.7 Å². The molecule has 3 rings (SSSR count). The van der Waals surface area contributed by atoms with Gasteiger partial charge in [0.25, 0.3) is 0 Å². The molecule has 1 aliphatic heterocycles. The lowest BCUT2D eigenvalue weighted by molar-refractivity contribution is -0.153. The quantitative estimate of drug-likeness (QED) is 0.557. The van der Waals surface area contributed by atoms with E-state index >= 15 is 0 Å². The number of carbonyl (C=O) groups is 1. The van der Waals surface area contributed by atoms with Crippen molar-refractivity contribution in [1.82, 2.24) is 10.6 Å². The number of alkyl halides is 3. The molecular formula is C21H23F3N4O2. The molecule has 0 atom stereocenters. The fourth-order valence-electron chi connectivity index (χ4n) is 3.13. The first kappa shape index (κ1) is 21.5. The molecule has 0 bridgehead atoms. The summed E-state index contributed by atoms with van der Waals surface area (Å²) in [7, 11) is 1.60. The molecule has 2 aromatic rings. The molecule has 1 heterocycles. The van der Waals surface area contributed by atoms with Gasteiger partial charge < -0.3 is 20.3 Å². The van der Waals surface area contributed by atoms with E-state index in [1.165, 1.54) is 12.1 Å². The second-order valence-corrected chi connectivity index (χ2v) is 6.75. The van der Waals surface area contributed by atoms with Gasteiger partial charge in [-0.05, 0) is 35.7 Å². The maximum Gasteiger partial charge on any atom is 0.422 e. The van der Waals surface area contributed by atoms with E-state index in [4.69, 9.17) is 0 Å². The molecule has 0 aliphatic carbocycles. The number of guanidine groups is 1. The fourth-order valence-corrected chi connectivity index (χ4v) is 3.13. The third kappa shape index (κ3) is 5.88. The number of halogens is 3. The molecular weight excluding hydrogens is 397 g/mol. The van der Waals surface area contributed by atoms with Gasteiger partial charge in [-0.25, -0.2) is 0 Å². The average molecular weight is 420 g/mol. The lowest BCUT2D eigenvalue weighted by atomic mass is 10.2. The Hall–Kier alpha value is -3.23. The average Bonchev–Trinajstić information content (AvgIpc) is 3.17. The van der Waals surface area contributed by atoms with Crippen molar-refractivity contribution in [2.45, 2.75) is 19.1 Å². The highest BCUT2D eigenvalue weighted by Gasteiger charge is 2.28. The normalized spacial score (nSPS) is 13.7. The summed E-state index contributed by atoms with van der Waals surface area (Å²) in [5, 5.41) is 6.07. The van der Waals surface area contributed by atoms with Crippen LogP contribution in [-0.4, -0.2) is 44.8 Å². The summed E-state index contributed by atoms with van der Waals surface area (Å²) < 4.78 is 41.3. The molecule has 1 aliphatic rings. The van der Waals surface area contributed by atoms with Gasteiger partial charge in [0.05, 0.1) is 6.54 Å². The highest BCUT2D eigenvalue weighted by Crippen LogP contribution is 2.27. The van der Waals surface area contributed by atoms with Crippen LogP contribution < -0.4 is 20.3 Å². The summed E-state index contributed by atoms with van der Waals surface area (Å²) in [5.74, 6) is 0.553. The smallest absolute Gasteiger partial charge is 0.422 e. The summed E-state index contributed by atoms with van der Waals surface area (Å²) in [6.07, 6.45) is -3.52. The van der Waals surface area contributed by atoms with Gasteiger partial charge in [0.2, 0.25) is 5.91 Å². The Morgan fingerprint density at radius 2 is 1.87 bits per heavy atom. The third-order valence-electron chi connectivity index (χ3n) is 4.60. The van der Waals surface area contributed by atoms with Crippen LogP contribution in [0.25, 0.3) is 0 Å². The highest BCUT2D eigenvalue weighted by molar-refractivity contribution is 5.98. The molecule has 0 saturated carbocycles. The lowest BCUT2D eigenvalue weighted by Crippen LogP contribution is -2.44. The van der Waals surface area contributed by atoms with Crippen molar-refractivity contribution in [3.63, 3.8) is 0 Å².